The van der Waals surface area contributed by atoms with Crippen molar-refractivity contribution in [2.45, 2.75) is 19.3 Å². The molecule has 4 rings (SSSR count). The first kappa shape index (κ1) is 18.2. The molecular formula is C24H23N3O. The summed E-state index contributed by atoms with van der Waals surface area (Å²) >= 11 is 0. The number of terminal acetylenes is 1. The van der Waals surface area contributed by atoms with Gasteiger partial charge in [-0.15, -0.1) is 6.42 Å². The van der Waals surface area contributed by atoms with E-state index in [-0.39, 0.29) is 5.56 Å². The van der Waals surface area contributed by atoms with Gasteiger partial charge in [-0.05, 0) is 42.7 Å². The third kappa shape index (κ3) is 3.90. The van der Waals surface area contributed by atoms with Gasteiger partial charge in [-0.3, -0.25) is 9.69 Å². The second-order valence-corrected chi connectivity index (χ2v) is 7.11. The highest BCUT2D eigenvalue weighted by Gasteiger charge is 2.13. The number of aromatic amines is 1. The van der Waals surface area contributed by atoms with Crippen molar-refractivity contribution < 1.29 is 0 Å². The van der Waals surface area contributed by atoms with Crippen LogP contribution in [0.25, 0.3) is 16.5 Å². The third-order valence-corrected chi connectivity index (χ3v) is 5.27. The first-order valence-electron chi connectivity index (χ1n) is 9.70. The van der Waals surface area contributed by atoms with Crippen LogP contribution in [0.15, 0.2) is 59.4 Å². The second kappa shape index (κ2) is 8.24. The van der Waals surface area contributed by atoms with Crippen LogP contribution in [0.5, 0.6) is 0 Å². The van der Waals surface area contributed by atoms with E-state index in [1.165, 1.54) is 11.1 Å². The number of aryl methyl sites for hydroxylation is 1. The number of aromatic nitrogens is 2. The molecule has 0 amide bonds. The van der Waals surface area contributed by atoms with Crippen molar-refractivity contribution in [3.8, 4) is 12.3 Å². The molecule has 3 aromatic rings. The topological polar surface area (TPSA) is 49.0 Å². The van der Waals surface area contributed by atoms with Crippen LogP contribution in [0, 0.1) is 12.3 Å². The molecule has 0 aliphatic carbocycles. The fourth-order valence-electron chi connectivity index (χ4n) is 3.74. The number of hydrogen-bond donors (Lipinski definition) is 1. The summed E-state index contributed by atoms with van der Waals surface area (Å²) in [7, 11) is 0. The highest BCUT2D eigenvalue weighted by molar-refractivity contribution is 5.83. The zero-order chi connectivity index (χ0) is 19.3. The van der Waals surface area contributed by atoms with Gasteiger partial charge in [0.25, 0.3) is 5.56 Å². The molecule has 140 valence electrons. The molecule has 2 heterocycles. The Morgan fingerprint density at radius 3 is 2.75 bits per heavy atom. The molecule has 0 saturated carbocycles. The van der Waals surface area contributed by atoms with Crippen LogP contribution in [-0.2, 0) is 6.42 Å². The van der Waals surface area contributed by atoms with Crippen LogP contribution in [0.1, 0.15) is 29.8 Å². The summed E-state index contributed by atoms with van der Waals surface area (Å²) < 4.78 is 0. The van der Waals surface area contributed by atoms with Gasteiger partial charge < -0.3 is 4.98 Å². The van der Waals surface area contributed by atoms with Crippen LogP contribution in [0.3, 0.4) is 0 Å². The molecule has 0 atom stereocenters. The molecule has 0 unspecified atom stereocenters. The summed E-state index contributed by atoms with van der Waals surface area (Å²) in [6, 6.07) is 16.0. The minimum absolute atomic E-state index is 0.120. The molecular weight excluding hydrogens is 346 g/mol. The lowest BCUT2D eigenvalue weighted by molar-refractivity contribution is 0.297. The Morgan fingerprint density at radius 1 is 1.14 bits per heavy atom. The zero-order valence-electron chi connectivity index (χ0n) is 15.8. The first-order valence-corrected chi connectivity index (χ1v) is 9.70. The predicted octanol–water partition coefficient (Wildman–Crippen LogP) is 3.63. The lowest BCUT2D eigenvalue weighted by Gasteiger charge is -2.26. The van der Waals surface area contributed by atoms with E-state index in [0.29, 0.717) is 22.3 Å². The van der Waals surface area contributed by atoms with Crippen molar-refractivity contribution in [1.82, 2.24) is 14.9 Å². The van der Waals surface area contributed by atoms with Crippen molar-refractivity contribution in [1.29, 1.82) is 0 Å². The smallest absolute Gasteiger partial charge is 0.258 e. The number of nitrogens with one attached hydrogen (secondary N) is 1. The Labute approximate surface area is 164 Å². The molecule has 0 saturated heterocycles. The van der Waals surface area contributed by atoms with Gasteiger partial charge in [0, 0.05) is 19.5 Å². The normalized spacial score (nSPS) is 14.6. The Balaban J connectivity index is 1.38. The van der Waals surface area contributed by atoms with E-state index in [4.69, 9.17) is 6.42 Å². The van der Waals surface area contributed by atoms with E-state index < -0.39 is 0 Å². The van der Waals surface area contributed by atoms with Gasteiger partial charge in [0.1, 0.15) is 5.82 Å². The van der Waals surface area contributed by atoms with Crippen LogP contribution in [0.2, 0.25) is 0 Å². The van der Waals surface area contributed by atoms with Gasteiger partial charge in [0.05, 0.1) is 16.5 Å². The maximum absolute atomic E-state index is 12.3. The molecule has 4 nitrogen and oxygen atoms in total. The second-order valence-electron chi connectivity index (χ2n) is 7.11. The third-order valence-electron chi connectivity index (χ3n) is 5.27. The van der Waals surface area contributed by atoms with Crippen LogP contribution in [0.4, 0.5) is 0 Å². The van der Waals surface area contributed by atoms with Gasteiger partial charge in [-0.1, -0.05) is 48.4 Å². The number of H-pyrrole nitrogens is 1. The highest BCUT2D eigenvalue weighted by atomic mass is 16.1. The predicted molar refractivity (Wildman–Crippen MR) is 114 cm³/mol. The quantitative estimate of drug-likeness (QED) is 0.699. The molecule has 1 N–H and O–H groups in total. The number of para-hydroxylation sites is 1. The monoisotopic (exact) mass is 369 g/mol. The van der Waals surface area contributed by atoms with Crippen LogP contribution in [-0.4, -0.2) is 34.5 Å². The minimum atomic E-state index is -0.120. The van der Waals surface area contributed by atoms with Crippen molar-refractivity contribution >= 4 is 16.5 Å². The van der Waals surface area contributed by atoms with Gasteiger partial charge in [0.15, 0.2) is 0 Å². The van der Waals surface area contributed by atoms with Crippen molar-refractivity contribution in [2.24, 2.45) is 0 Å². The number of rotatable bonds is 5. The Kier molecular flexibility index (Phi) is 5.36. The van der Waals surface area contributed by atoms with E-state index in [1.807, 2.05) is 6.07 Å². The summed E-state index contributed by atoms with van der Waals surface area (Å²) in [4.78, 5) is 22.3. The summed E-state index contributed by atoms with van der Waals surface area (Å²) in [6.45, 7) is 3.01. The standard InChI is InChI=1S/C24H23N3O/c1-2-18-10-6-11-21-23(18)25-22(26-24(21)28)12-7-15-27-16-13-20(14-17-27)19-8-4-3-5-9-19/h1,3-6,8-11,13H,7,12,14-17H2,(H,25,26,28). The molecule has 0 spiro atoms. The fourth-order valence-corrected chi connectivity index (χ4v) is 3.74. The lowest BCUT2D eigenvalue weighted by atomic mass is 9.99. The molecule has 4 heteroatoms. The molecule has 1 aliphatic rings. The van der Waals surface area contributed by atoms with E-state index in [2.05, 4.69) is 57.2 Å². The van der Waals surface area contributed by atoms with E-state index in [0.717, 1.165) is 38.9 Å². The van der Waals surface area contributed by atoms with Gasteiger partial charge in [-0.2, -0.15) is 0 Å². The van der Waals surface area contributed by atoms with E-state index in [1.54, 1.807) is 12.1 Å². The van der Waals surface area contributed by atoms with Crippen molar-refractivity contribution in [3.63, 3.8) is 0 Å². The highest BCUT2D eigenvalue weighted by Crippen LogP contribution is 2.22. The van der Waals surface area contributed by atoms with Crippen LogP contribution < -0.4 is 5.56 Å². The molecule has 0 radical (unpaired) electrons. The average molecular weight is 369 g/mol. The molecule has 2 aromatic carbocycles. The maximum atomic E-state index is 12.3. The van der Waals surface area contributed by atoms with Gasteiger partial charge in [-0.25, -0.2) is 4.98 Å². The number of fused-ring (bicyclic) bond motifs is 1. The fraction of sp³-hybridized carbons (Fsp3) is 0.250. The molecule has 28 heavy (non-hydrogen) atoms. The SMILES string of the molecule is C#Cc1cccc2c(=O)[nH]c(CCCN3CC=C(c4ccccc4)CC3)nc12. The number of hydrogen-bond acceptors (Lipinski definition) is 3. The van der Waals surface area contributed by atoms with Gasteiger partial charge in [0.2, 0.25) is 0 Å². The maximum Gasteiger partial charge on any atom is 0.258 e. The van der Waals surface area contributed by atoms with E-state index in [9.17, 15) is 4.79 Å². The molecule has 0 fully saturated rings. The molecule has 1 aliphatic heterocycles. The minimum Gasteiger partial charge on any atom is -0.310 e. The Hall–Kier alpha value is -3.16. The summed E-state index contributed by atoms with van der Waals surface area (Å²) in [5.41, 5.74) is 3.92. The Bertz CT molecular complexity index is 1110. The summed E-state index contributed by atoms with van der Waals surface area (Å²) in [5.74, 6) is 3.33. The zero-order valence-corrected chi connectivity index (χ0v) is 15.8. The summed E-state index contributed by atoms with van der Waals surface area (Å²) in [5, 5.41) is 0.550. The van der Waals surface area contributed by atoms with Crippen LogP contribution >= 0.6 is 0 Å². The largest absolute Gasteiger partial charge is 0.310 e. The lowest BCUT2D eigenvalue weighted by Crippen LogP contribution is -2.30. The first-order chi connectivity index (χ1) is 13.7. The summed E-state index contributed by atoms with van der Waals surface area (Å²) in [6.07, 6.45) is 10.6. The Morgan fingerprint density at radius 2 is 2.00 bits per heavy atom. The van der Waals surface area contributed by atoms with Crippen molar-refractivity contribution in [3.05, 3.63) is 81.9 Å². The average Bonchev–Trinajstić information content (AvgIpc) is 2.74. The number of benzene rings is 2. The van der Waals surface area contributed by atoms with Gasteiger partial charge >= 0.3 is 0 Å². The van der Waals surface area contributed by atoms with Crippen molar-refractivity contribution in [2.75, 3.05) is 19.6 Å². The molecule has 0 bridgehead atoms. The molecule has 1 aromatic heterocycles. The van der Waals surface area contributed by atoms with E-state index >= 15 is 0 Å². The number of nitrogens with zero attached hydrogens (tertiary/aromatic N) is 2.